The smallest absolute Gasteiger partial charge is 0.291 e. The number of hydrogen-bond acceptors (Lipinski definition) is 7. The second-order valence-corrected chi connectivity index (χ2v) is 8.95. The van der Waals surface area contributed by atoms with Gasteiger partial charge in [-0.3, -0.25) is 4.79 Å². The number of rotatable bonds is 9. The molecule has 0 fully saturated rings. The van der Waals surface area contributed by atoms with Crippen LogP contribution >= 0.6 is 11.3 Å². The Hall–Kier alpha value is -3.39. The molecule has 0 saturated heterocycles. The summed E-state index contributed by atoms with van der Waals surface area (Å²) in [6, 6.07) is 13.2. The number of aromatic nitrogens is 3. The Balaban J connectivity index is 1.59. The third kappa shape index (κ3) is 5.17. The van der Waals surface area contributed by atoms with Gasteiger partial charge in [0.2, 0.25) is 4.96 Å². The molecule has 0 atom stereocenters. The van der Waals surface area contributed by atoms with Gasteiger partial charge in [-0.25, -0.2) is 0 Å². The summed E-state index contributed by atoms with van der Waals surface area (Å²) in [6.45, 7) is 7.50. The van der Waals surface area contributed by atoms with Crippen LogP contribution < -0.4 is 24.3 Å². The van der Waals surface area contributed by atoms with Crippen LogP contribution in [0.2, 0.25) is 0 Å². The SMILES string of the molecule is CCOc1ccc(-c2nc3s/c(=C\c4ccc(OCCC(C)C)c(OC)c4)c(=O)n3n2)cc1. The first-order chi connectivity index (χ1) is 16.0. The fourth-order valence-electron chi connectivity index (χ4n) is 3.27. The van der Waals surface area contributed by atoms with Crippen molar-refractivity contribution in [3.8, 4) is 28.6 Å². The molecular weight excluding hydrogens is 438 g/mol. The van der Waals surface area contributed by atoms with Gasteiger partial charge in [-0.15, -0.1) is 5.10 Å². The Morgan fingerprint density at radius 1 is 1.09 bits per heavy atom. The number of hydrogen-bond donors (Lipinski definition) is 0. The summed E-state index contributed by atoms with van der Waals surface area (Å²) in [5.41, 5.74) is 1.48. The number of methoxy groups -OCH3 is 1. The molecule has 0 radical (unpaired) electrons. The van der Waals surface area contributed by atoms with Crippen LogP contribution in [-0.2, 0) is 0 Å². The Kier molecular flexibility index (Phi) is 6.93. The zero-order valence-electron chi connectivity index (χ0n) is 19.2. The van der Waals surface area contributed by atoms with Crippen LogP contribution in [0.5, 0.6) is 17.2 Å². The van der Waals surface area contributed by atoms with E-state index in [0.29, 0.717) is 45.9 Å². The standard InChI is InChI=1S/C25H27N3O4S/c1-5-31-19-9-7-18(8-10-19)23-26-25-28(27-23)24(29)22(33-25)15-17-6-11-20(21(14-17)30-4)32-13-12-16(2)3/h6-11,14-16H,5,12-13H2,1-4H3/b22-15-. The van der Waals surface area contributed by atoms with Crippen molar-refractivity contribution in [1.29, 1.82) is 0 Å². The van der Waals surface area contributed by atoms with E-state index in [1.54, 1.807) is 7.11 Å². The zero-order valence-corrected chi connectivity index (χ0v) is 20.0. The first-order valence-corrected chi connectivity index (χ1v) is 11.8. The van der Waals surface area contributed by atoms with Crippen molar-refractivity contribution in [1.82, 2.24) is 14.6 Å². The molecule has 0 amide bonds. The summed E-state index contributed by atoms with van der Waals surface area (Å²) >= 11 is 1.30. The van der Waals surface area contributed by atoms with Gasteiger partial charge in [-0.1, -0.05) is 31.3 Å². The van der Waals surface area contributed by atoms with Crippen LogP contribution in [0.3, 0.4) is 0 Å². The Labute approximate surface area is 196 Å². The van der Waals surface area contributed by atoms with E-state index in [2.05, 4.69) is 23.9 Å². The predicted octanol–water partition coefficient (Wildman–Crippen LogP) is 4.20. The number of fused-ring (bicyclic) bond motifs is 1. The van der Waals surface area contributed by atoms with Gasteiger partial charge in [0, 0.05) is 5.56 Å². The van der Waals surface area contributed by atoms with E-state index >= 15 is 0 Å². The minimum Gasteiger partial charge on any atom is -0.494 e. The van der Waals surface area contributed by atoms with Crippen LogP contribution in [0, 0.1) is 5.92 Å². The molecule has 0 saturated carbocycles. The molecule has 8 heteroatoms. The molecule has 0 bridgehead atoms. The molecule has 2 heterocycles. The topological polar surface area (TPSA) is 75.0 Å². The van der Waals surface area contributed by atoms with E-state index in [0.717, 1.165) is 23.3 Å². The van der Waals surface area contributed by atoms with E-state index < -0.39 is 0 Å². The van der Waals surface area contributed by atoms with Gasteiger partial charge in [0.25, 0.3) is 5.56 Å². The summed E-state index contributed by atoms with van der Waals surface area (Å²) < 4.78 is 18.7. The minimum absolute atomic E-state index is 0.198. The molecule has 0 aliphatic carbocycles. The van der Waals surface area contributed by atoms with Crippen molar-refractivity contribution in [2.45, 2.75) is 27.2 Å². The highest BCUT2D eigenvalue weighted by Crippen LogP contribution is 2.29. The molecule has 0 spiro atoms. The lowest BCUT2D eigenvalue weighted by Crippen LogP contribution is -2.23. The summed E-state index contributed by atoms with van der Waals surface area (Å²) in [6.07, 6.45) is 2.79. The Bertz CT molecular complexity index is 1340. The molecule has 0 aliphatic heterocycles. The van der Waals surface area contributed by atoms with Gasteiger partial charge in [0.15, 0.2) is 17.3 Å². The maximum atomic E-state index is 12.9. The Morgan fingerprint density at radius 2 is 1.88 bits per heavy atom. The van der Waals surface area contributed by atoms with Gasteiger partial charge in [-0.05, 0) is 67.3 Å². The maximum Gasteiger partial charge on any atom is 0.291 e. The van der Waals surface area contributed by atoms with Crippen molar-refractivity contribution >= 4 is 22.4 Å². The largest absolute Gasteiger partial charge is 0.494 e. The van der Waals surface area contributed by atoms with Gasteiger partial charge < -0.3 is 14.2 Å². The lowest BCUT2D eigenvalue weighted by molar-refractivity contribution is 0.273. The normalized spacial score (nSPS) is 12.0. The molecule has 0 unspecified atom stereocenters. The van der Waals surface area contributed by atoms with Crippen molar-refractivity contribution in [2.24, 2.45) is 5.92 Å². The highest BCUT2D eigenvalue weighted by molar-refractivity contribution is 7.15. The highest BCUT2D eigenvalue weighted by atomic mass is 32.1. The molecule has 4 aromatic rings. The average Bonchev–Trinajstić information content (AvgIpc) is 3.34. The van der Waals surface area contributed by atoms with Crippen molar-refractivity contribution in [3.05, 3.63) is 62.9 Å². The molecular formula is C25H27N3O4S. The van der Waals surface area contributed by atoms with Gasteiger partial charge in [0.1, 0.15) is 5.75 Å². The molecule has 2 aromatic carbocycles. The molecule has 0 aliphatic rings. The number of thiazole rings is 1. The Morgan fingerprint density at radius 3 is 2.55 bits per heavy atom. The maximum absolute atomic E-state index is 12.9. The van der Waals surface area contributed by atoms with Crippen molar-refractivity contribution in [2.75, 3.05) is 20.3 Å². The van der Waals surface area contributed by atoms with Crippen molar-refractivity contribution < 1.29 is 14.2 Å². The van der Waals surface area contributed by atoms with Crippen LogP contribution in [-0.4, -0.2) is 34.9 Å². The summed E-state index contributed by atoms with van der Waals surface area (Å²) in [5.74, 6) is 3.20. The van der Waals surface area contributed by atoms with E-state index in [1.165, 1.54) is 15.9 Å². The van der Waals surface area contributed by atoms with Crippen LogP contribution in [0.15, 0.2) is 47.3 Å². The molecule has 7 nitrogen and oxygen atoms in total. The summed E-state index contributed by atoms with van der Waals surface area (Å²) in [5, 5.41) is 4.41. The van der Waals surface area contributed by atoms with E-state index in [9.17, 15) is 4.79 Å². The number of benzene rings is 2. The second kappa shape index (κ2) is 10.0. The first kappa shape index (κ1) is 22.8. The fraction of sp³-hybridized carbons (Fsp3) is 0.320. The monoisotopic (exact) mass is 465 g/mol. The molecule has 2 aromatic heterocycles. The molecule has 172 valence electrons. The van der Waals surface area contributed by atoms with E-state index in [-0.39, 0.29) is 5.56 Å². The fourth-order valence-corrected chi connectivity index (χ4v) is 4.18. The van der Waals surface area contributed by atoms with Crippen LogP contribution in [0.1, 0.15) is 32.8 Å². The number of nitrogens with zero attached hydrogens (tertiary/aromatic N) is 3. The van der Waals surface area contributed by atoms with Gasteiger partial charge in [-0.2, -0.15) is 9.50 Å². The van der Waals surface area contributed by atoms with Crippen LogP contribution in [0.25, 0.3) is 22.4 Å². The molecule has 33 heavy (non-hydrogen) atoms. The predicted molar refractivity (Wildman–Crippen MR) is 130 cm³/mol. The van der Waals surface area contributed by atoms with E-state index in [4.69, 9.17) is 14.2 Å². The zero-order chi connectivity index (χ0) is 23.4. The molecule has 0 N–H and O–H groups in total. The quantitative estimate of drug-likeness (QED) is 0.369. The van der Waals surface area contributed by atoms with Gasteiger partial charge >= 0.3 is 0 Å². The second-order valence-electron chi connectivity index (χ2n) is 7.94. The highest BCUT2D eigenvalue weighted by Gasteiger charge is 2.13. The lowest BCUT2D eigenvalue weighted by atomic mass is 10.1. The van der Waals surface area contributed by atoms with Crippen molar-refractivity contribution in [3.63, 3.8) is 0 Å². The summed E-state index contributed by atoms with van der Waals surface area (Å²) in [4.78, 5) is 18.0. The minimum atomic E-state index is -0.198. The van der Waals surface area contributed by atoms with Crippen LogP contribution in [0.4, 0.5) is 0 Å². The third-order valence-corrected chi connectivity index (χ3v) is 6.00. The molecule has 4 rings (SSSR count). The number of ether oxygens (including phenoxy) is 3. The first-order valence-electron chi connectivity index (χ1n) is 10.9. The lowest BCUT2D eigenvalue weighted by Gasteiger charge is -2.12. The summed E-state index contributed by atoms with van der Waals surface area (Å²) in [7, 11) is 1.61. The average molecular weight is 466 g/mol. The van der Waals surface area contributed by atoms with E-state index in [1.807, 2.05) is 55.5 Å². The van der Waals surface area contributed by atoms with Gasteiger partial charge in [0.05, 0.1) is 24.9 Å². The third-order valence-electron chi connectivity index (χ3n) is 5.04.